The zero-order valence-electron chi connectivity index (χ0n) is 13.8. The molecule has 0 saturated heterocycles. The Morgan fingerprint density at radius 1 is 1.44 bits per heavy atom. The summed E-state index contributed by atoms with van der Waals surface area (Å²) in [5.41, 5.74) is 3.78. The van der Waals surface area contributed by atoms with Crippen LogP contribution >= 0.6 is 11.6 Å². The van der Waals surface area contributed by atoms with E-state index < -0.39 is 0 Å². The van der Waals surface area contributed by atoms with Crippen LogP contribution in [0.4, 0.5) is 5.82 Å². The molecule has 0 radical (unpaired) electrons. The van der Waals surface area contributed by atoms with E-state index in [4.69, 9.17) is 11.6 Å². The normalized spacial score (nSPS) is 16.5. The lowest BCUT2D eigenvalue weighted by Gasteiger charge is -2.22. The molecule has 0 fully saturated rings. The van der Waals surface area contributed by atoms with Crippen LogP contribution in [0.15, 0.2) is 36.8 Å². The van der Waals surface area contributed by atoms with E-state index in [0.29, 0.717) is 17.3 Å². The number of aromatic nitrogens is 4. The van der Waals surface area contributed by atoms with Crippen molar-refractivity contribution in [3.63, 3.8) is 0 Å². The Morgan fingerprint density at radius 2 is 2.32 bits per heavy atom. The maximum absolute atomic E-state index is 12.7. The molecule has 2 N–H and O–H groups in total. The summed E-state index contributed by atoms with van der Waals surface area (Å²) in [7, 11) is 0. The average molecular weight is 356 g/mol. The molecule has 1 atom stereocenters. The van der Waals surface area contributed by atoms with Gasteiger partial charge in [0.25, 0.3) is 0 Å². The predicted molar refractivity (Wildman–Crippen MR) is 96.4 cm³/mol. The molecule has 3 aromatic rings. The van der Waals surface area contributed by atoms with Gasteiger partial charge in [0.1, 0.15) is 0 Å². The van der Waals surface area contributed by atoms with E-state index in [1.165, 1.54) is 0 Å². The van der Waals surface area contributed by atoms with Crippen molar-refractivity contribution in [3.8, 4) is 11.1 Å². The molecular weight excluding hydrogens is 338 g/mol. The van der Waals surface area contributed by atoms with Gasteiger partial charge in [-0.05, 0) is 31.0 Å². The number of imidazole rings is 1. The van der Waals surface area contributed by atoms with Crippen LogP contribution in [-0.4, -0.2) is 25.7 Å². The number of rotatable bonds is 3. The second-order valence-electron chi connectivity index (χ2n) is 6.34. The highest BCUT2D eigenvalue weighted by Crippen LogP contribution is 2.32. The molecule has 1 aliphatic rings. The summed E-state index contributed by atoms with van der Waals surface area (Å²) in [5, 5.41) is 10.9. The minimum Gasteiger partial charge on any atom is -0.335 e. The second-order valence-corrected chi connectivity index (χ2v) is 6.78. The van der Waals surface area contributed by atoms with Crippen LogP contribution < -0.4 is 5.32 Å². The van der Waals surface area contributed by atoms with E-state index in [2.05, 4.69) is 25.1 Å². The Balaban J connectivity index is 1.57. The van der Waals surface area contributed by atoms with Crippen molar-refractivity contribution in [2.24, 2.45) is 5.92 Å². The third-order valence-electron chi connectivity index (χ3n) is 4.65. The van der Waals surface area contributed by atoms with Crippen molar-refractivity contribution in [2.75, 3.05) is 5.32 Å². The number of nitrogens with zero attached hydrogens (tertiary/aromatic N) is 3. The number of amides is 1. The van der Waals surface area contributed by atoms with Gasteiger partial charge in [-0.1, -0.05) is 23.7 Å². The molecule has 2 aromatic heterocycles. The summed E-state index contributed by atoms with van der Waals surface area (Å²) in [6.45, 7) is 2.74. The molecular formula is C18H18ClN5O. The SMILES string of the molecule is Cc1[nH]nc(NC(=O)C2CCn3cncc3C2)c1-c1cccc(Cl)c1. The maximum atomic E-state index is 12.7. The van der Waals surface area contributed by atoms with Crippen molar-refractivity contribution >= 4 is 23.3 Å². The van der Waals surface area contributed by atoms with E-state index in [0.717, 1.165) is 35.5 Å². The smallest absolute Gasteiger partial charge is 0.229 e. The van der Waals surface area contributed by atoms with E-state index >= 15 is 0 Å². The summed E-state index contributed by atoms with van der Waals surface area (Å²) >= 11 is 6.10. The Labute approximate surface area is 150 Å². The molecule has 0 aliphatic carbocycles. The first-order valence-corrected chi connectivity index (χ1v) is 8.60. The number of anilines is 1. The van der Waals surface area contributed by atoms with Crippen molar-refractivity contribution in [1.29, 1.82) is 0 Å². The van der Waals surface area contributed by atoms with Gasteiger partial charge in [-0.2, -0.15) is 5.10 Å². The fraction of sp³-hybridized carbons (Fsp3) is 0.278. The third-order valence-corrected chi connectivity index (χ3v) is 4.88. The summed E-state index contributed by atoms with van der Waals surface area (Å²) in [6, 6.07) is 7.54. The van der Waals surface area contributed by atoms with Crippen LogP contribution in [0, 0.1) is 12.8 Å². The van der Waals surface area contributed by atoms with Gasteiger partial charge in [0.05, 0.1) is 6.33 Å². The quantitative estimate of drug-likeness (QED) is 0.755. The van der Waals surface area contributed by atoms with Gasteiger partial charge < -0.3 is 9.88 Å². The van der Waals surface area contributed by atoms with Crippen LogP contribution in [0.1, 0.15) is 17.8 Å². The number of fused-ring (bicyclic) bond motifs is 1. The predicted octanol–water partition coefficient (Wildman–Crippen LogP) is 3.44. The molecule has 6 nitrogen and oxygen atoms in total. The summed E-state index contributed by atoms with van der Waals surface area (Å²) in [5.74, 6) is 0.458. The Hall–Kier alpha value is -2.60. The van der Waals surface area contributed by atoms with Crippen LogP contribution in [0.3, 0.4) is 0 Å². The van der Waals surface area contributed by atoms with E-state index in [-0.39, 0.29) is 11.8 Å². The molecule has 1 aromatic carbocycles. The number of hydrogen-bond donors (Lipinski definition) is 2. The lowest BCUT2D eigenvalue weighted by Crippen LogP contribution is -2.30. The maximum Gasteiger partial charge on any atom is 0.229 e. The van der Waals surface area contributed by atoms with Gasteiger partial charge in [0, 0.05) is 47.1 Å². The lowest BCUT2D eigenvalue weighted by atomic mass is 9.95. The molecule has 25 heavy (non-hydrogen) atoms. The number of halogens is 1. The highest BCUT2D eigenvalue weighted by Gasteiger charge is 2.26. The van der Waals surface area contributed by atoms with Crippen molar-refractivity contribution < 1.29 is 4.79 Å². The van der Waals surface area contributed by atoms with E-state index in [1.54, 1.807) is 0 Å². The number of aryl methyl sites for hydroxylation is 2. The fourth-order valence-corrected chi connectivity index (χ4v) is 3.52. The van der Waals surface area contributed by atoms with Crippen molar-refractivity contribution in [2.45, 2.75) is 26.3 Å². The number of nitrogens with one attached hydrogen (secondary N) is 2. The topological polar surface area (TPSA) is 75.6 Å². The molecule has 4 rings (SSSR count). The largest absolute Gasteiger partial charge is 0.335 e. The fourth-order valence-electron chi connectivity index (χ4n) is 3.33. The number of benzene rings is 1. The molecule has 1 unspecified atom stereocenters. The van der Waals surface area contributed by atoms with Crippen LogP contribution in [0.2, 0.25) is 5.02 Å². The first-order valence-electron chi connectivity index (χ1n) is 8.22. The standard InChI is InChI=1S/C18H18ClN5O/c1-11-16(12-3-2-4-14(19)7-12)17(23-22-11)21-18(25)13-5-6-24-10-20-9-15(24)8-13/h2-4,7,9-10,13H,5-6,8H2,1H3,(H2,21,22,23,25). The average Bonchev–Trinajstić information content (AvgIpc) is 3.20. The van der Waals surface area contributed by atoms with Crippen LogP contribution in [0.25, 0.3) is 11.1 Å². The van der Waals surface area contributed by atoms with Crippen molar-refractivity contribution in [3.05, 3.63) is 53.2 Å². The minimum absolute atomic E-state index is 0.0118. The number of carbonyl (C=O) groups is 1. The highest BCUT2D eigenvalue weighted by molar-refractivity contribution is 6.30. The van der Waals surface area contributed by atoms with Gasteiger partial charge in [0.15, 0.2) is 5.82 Å². The second kappa shape index (κ2) is 6.37. The summed E-state index contributed by atoms with van der Waals surface area (Å²) in [4.78, 5) is 16.9. The first-order chi connectivity index (χ1) is 12.1. The summed E-state index contributed by atoms with van der Waals surface area (Å²) < 4.78 is 2.10. The highest BCUT2D eigenvalue weighted by atomic mass is 35.5. The van der Waals surface area contributed by atoms with Gasteiger partial charge in [0.2, 0.25) is 5.91 Å². The molecule has 3 heterocycles. The monoisotopic (exact) mass is 355 g/mol. The Morgan fingerprint density at radius 3 is 3.16 bits per heavy atom. The van der Waals surface area contributed by atoms with Gasteiger partial charge >= 0.3 is 0 Å². The number of aromatic amines is 1. The molecule has 7 heteroatoms. The van der Waals surface area contributed by atoms with E-state index in [9.17, 15) is 4.79 Å². The Kier molecular flexibility index (Phi) is 4.05. The molecule has 1 amide bonds. The number of carbonyl (C=O) groups excluding carboxylic acids is 1. The van der Waals surface area contributed by atoms with Crippen molar-refractivity contribution in [1.82, 2.24) is 19.7 Å². The number of hydrogen-bond acceptors (Lipinski definition) is 3. The Bertz CT molecular complexity index is 929. The molecule has 0 spiro atoms. The zero-order valence-corrected chi connectivity index (χ0v) is 14.5. The van der Waals surface area contributed by atoms with E-state index in [1.807, 2.05) is 43.7 Å². The zero-order chi connectivity index (χ0) is 17.4. The molecule has 0 saturated carbocycles. The molecule has 128 valence electrons. The van der Waals surface area contributed by atoms with Crippen LogP contribution in [-0.2, 0) is 17.8 Å². The van der Waals surface area contributed by atoms with Gasteiger partial charge in [-0.3, -0.25) is 9.89 Å². The number of H-pyrrole nitrogens is 1. The third kappa shape index (κ3) is 3.05. The summed E-state index contributed by atoms with van der Waals surface area (Å²) in [6.07, 6.45) is 5.14. The van der Waals surface area contributed by atoms with Gasteiger partial charge in [-0.25, -0.2) is 4.98 Å². The molecule has 0 bridgehead atoms. The first kappa shape index (κ1) is 15.9. The molecule has 1 aliphatic heterocycles. The lowest BCUT2D eigenvalue weighted by molar-refractivity contribution is -0.120. The van der Waals surface area contributed by atoms with Gasteiger partial charge in [-0.15, -0.1) is 0 Å². The minimum atomic E-state index is -0.0755. The van der Waals surface area contributed by atoms with Crippen LogP contribution in [0.5, 0.6) is 0 Å².